The minimum atomic E-state index is -0.506. The predicted molar refractivity (Wildman–Crippen MR) is 77.4 cm³/mol. The van der Waals surface area contributed by atoms with Gasteiger partial charge in [-0.15, -0.1) is 0 Å². The van der Waals surface area contributed by atoms with E-state index in [1.807, 2.05) is 0 Å². The first kappa shape index (κ1) is 14.0. The van der Waals surface area contributed by atoms with Gasteiger partial charge in [0.1, 0.15) is 5.82 Å². The van der Waals surface area contributed by atoms with Crippen molar-refractivity contribution in [1.82, 2.24) is 0 Å². The molecule has 0 saturated heterocycles. The second kappa shape index (κ2) is 5.79. The molecular formula is C15H13ClFNO3. The molecule has 0 bridgehead atoms. The number of hydrogen-bond acceptors (Lipinski definition) is 4. The summed E-state index contributed by atoms with van der Waals surface area (Å²) in [5.41, 5.74) is 1.00. The number of benzene rings is 2. The molecule has 3 rings (SSSR count). The Labute approximate surface area is 126 Å². The number of para-hydroxylation sites is 1. The van der Waals surface area contributed by atoms with Crippen LogP contribution in [0.25, 0.3) is 0 Å². The highest BCUT2D eigenvalue weighted by molar-refractivity contribution is 6.32. The monoisotopic (exact) mass is 309 g/mol. The van der Waals surface area contributed by atoms with Crippen LogP contribution in [0.5, 0.6) is 11.5 Å². The summed E-state index contributed by atoms with van der Waals surface area (Å²) in [4.78, 5) is 0. The molecule has 110 valence electrons. The Morgan fingerprint density at radius 2 is 2.10 bits per heavy atom. The Hall–Kier alpha value is -1.98. The highest BCUT2D eigenvalue weighted by atomic mass is 35.5. The van der Waals surface area contributed by atoms with Crippen LogP contribution in [-0.2, 0) is 0 Å². The highest BCUT2D eigenvalue weighted by Gasteiger charge is 2.22. The molecule has 0 aromatic heterocycles. The summed E-state index contributed by atoms with van der Waals surface area (Å²) in [6.07, 6.45) is 0. The number of aliphatic hydroxyl groups is 1. The van der Waals surface area contributed by atoms with Crippen LogP contribution in [-0.4, -0.2) is 18.5 Å². The molecule has 6 heteroatoms. The third kappa shape index (κ3) is 2.75. The quantitative estimate of drug-likeness (QED) is 0.909. The fourth-order valence-corrected chi connectivity index (χ4v) is 2.46. The van der Waals surface area contributed by atoms with Gasteiger partial charge in [0.25, 0.3) is 0 Å². The zero-order valence-electron chi connectivity index (χ0n) is 11.0. The number of hydrogen-bond donors (Lipinski definition) is 2. The standard InChI is InChI=1S/C15H13ClFNO3/c16-10-5-9(6-14-15(10)21-8-20-14)13(7-19)18-12-4-2-1-3-11(12)17/h1-6,13,18-19H,7-8H2. The van der Waals surface area contributed by atoms with Gasteiger partial charge < -0.3 is 19.9 Å². The molecule has 1 aliphatic rings. The van der Waals surface area contributed by atoms with Gasteiger partial charge in [0.2, 0.25) is 6.79 Å². The zero-order chi connectivity index (χ0) is 14.8. The van der Waals surface area contributed by atoms with Gasteiger partial charge >= 0.3 is 0 Å². The molecular weight excluding hydrogens is 297 g/mol. The predicted octanol–water partition coefficient (Wildman–Crippen LogP) is 3.35. The second-order valence-electron chi connectivity index (χ2n) is 4.60. The van der Waals surface area contributed by atoms with E-state index in [2.05, 4.69) is 5.32 Å². The lowest BCUT2D eigenvalue weighted by Gasteiger charge is -2.19. The van der Waals surface area contributed by atoms with Gasteiger partial charge in [0.15, 0.2) is 11.5 Å². The minimum absolute atomic E-state index is 0.114. The molecule has 0 spiro atoms. The number of halogens is 2. The zero-order valence-corrected chi connectivity index (χ0v) is 11.7. The van der Waals surface area contributed by atoms with E-state index in [9.17, 15) is 9.50 Å². The first-order valence-electron chi connectivity index (χ1n) is 6.40. The number of rotatable bonds is 4. The van der Waals surface area contributed by atoms with Gasteiger partial charge in [-0.3, -0.25) is 0 Å². The third-order valence-electron chi connectivity index (χ3n) is 3.24. The molecule has 2 aromatic rings. The van der Waals surface area contributed by atoms with E-state index in [4.69, 9.17) is 21.1 Å². The summed E-state index contributed by atoms with van der Waals surface area (Å²) in [6, 6.07) is 9.16. The molecule has 0 radical (unpaired) electrons. The molecule has 4 nitrogen and oxygen atoms in total. The average Bonchev–Trinajstić information content (AvgIpc) is 2.95. The van der Waals surface area contributed by atoms with Crippen LogP contribution in [0.1, 0.15) is 11.6 Å². The number of nitrogens with one attached hydrogen (secondary N) is 1. The Balaban J connectivity index is 1.90. The molecule has 21 heavy (non-hydrogen) atoms. The maximum absolute atomic E-state index is 13.7. The first-order valence-corrected chi connectivity index (χ1v) is 6.78. The van der Waals surface area contributed by atoms with Crippen molar-refractivity contribution in [3.8, 4) is 11.5 Å². The van der Waals surface area contributed by atoms with Crippen LogP contribution in [0.3, 0.4) is 0 Å². The van der Waals surface area contributed by atoms with E-state index in [0.29, 0.717) is 27.8 Å². The molecule has 0 aliphatic carbocycles. The Morgan fingerprint density at radius 3 is 2.86 bits per heavy atom. The second-order valence-corrected chi connectivity index (χ2v) is 5.00. The van der Waals surface area contributed by atoms with Crippen LogP contribution in [0.4, 0.5) is 10.1 Å². The van der Waals surface area contributed by atoms with Crippen molar-refractivity contribution in [3.63, 3.8) is 0 Å². The van der Waals surface area contributed by atoms with Crippen molar-refractivity contribution in [3.05, 3.63) is 52.8 Å². The topological polar surface area (TPSA) is 50.7 Å². The number of aliphatic hydroxyl groups excluding tert-OH is 1. The molecule has 0 saturated carbocycles. The summed E-state index contributed by atoms with van der Waals surface area (Å²) in [7, 11) is 0. The number of fused-ring (bicyclic) bond motifs is 1. The lowest BCUT2D eigenvalue weighted by Crippen LogP contribution is -2.15. The normalized spacial score (nSPS) is 14.0. The maximum atomic E-state index is 13.7. The van der Waals surface area contributed by atoms with E-state index < -0.39 is 6.04 Å². The van der Waals surface area contributed by atoms with Crippen LogP contribution in [0.15, 0.2) is 36.4 Å². The third-order valence-corrected chi connectivity index (χ3v) is 3.52. The fraction of sp³-hybridized carbons (Fsp3) is 0.200. The van der Waals surface area contributed by atoms with Gasteiger partial charge in [-0.05, 0) is 29.8 Å². The highest BCUT2D eigenvalue weighted by Crippen LogP contribution is 2.41. The van der Waals surface area contributed by atoms with Crippen LogP contribution < -0.4 is 14.8 Å². The summed E-state index contributed by atoms with van der Waals surface area (Å²) in [5, 5.41) is 12.9. The smallest absolute Gasteiger partial charge is 0.231 e. The van der Waals surface area contributed by atoms with Gasteiger partial charge in [-0.25, -0.2) is 4.39 Å². The van der Waals surface area contributed by atoms with Gasteiger partial charge in [0.05, 0.1) is 23.4 Å². The van der Waals surface area contributed by atoms with Gasteiger partial charge in [0, 0.05) is 0 Å². The molecule has 0 fully saturated rings. The Bertz CT molecular complexity index is 665. The summed E-state index contributed by atoms with van der Waals surface area (Å²) >= 11 is 6.12. The average molecular weight is 310 g/mol. The van der Waals surface area contributed by atoms with Gasteiger partial charge in [-0.2, -0.15) is 0 Å². The van der Waals surface area contributed by atoms with Crippen molar-refractivity contribution < 1.29 is 19.0 Å². The molecule has 0 amide bonds. The van der Waals surface area contributed by atoms with Gasteiger partial charge in [-0.1, -0.05) is 23.7 Å². The maximum Gasteiger partial charge on any atom is 0.231 e. The van der Waals surface area contributed by atoms with Crippen LogP contribution >= 0.6 is 11.6 Å². The molecule has 2 aromatic carbocycles. The molecule has 1 heterocycles. The van der Waals surface area contributed by atoms with Crippen LogP contribution in [0.2, 0.25) is 5.02 Å². The number of anilines is 1. The SMILES string of the molecule is OCC(Nc1ccccc1F)c1cc(Cl)c2c(c1)OCO2. The van der Waals surface area contributed by atoms with Crippen molar-refractivity contribution in [2.45, 2.75) is 6.04 Å². The van der Waals surface area contributed by atoms with E-state index in [0.717, 1.165) is 0 Å². The summed E-state index contributed by atoms with van der Waals surface area (Å²) in [5.74, 6) is 0.622. The van der Waals surface area contributed by atoms with Crippen molar-refractivity contribution >= 4 is 17.3 Å². The van der Waals surface area contributed by atoms with E-state index in [-0.39, 0.29) is 19.2 Å². The van der Waals surface area contributed by atoms with Crippen molar-refractivity contribution in [2.75, 3.05) is 18.7 Å². The first-order chi connectivity index (χ1) is 10.2. The largest absolute Gasteiger partial charge is 0.454 e. The molecule has 1 unspecified atom stereocenters. The molecule has 1 atom stereocenters. The van der Waals surface area contributed by atoms with E-state index in [1.54, 1.807) is 30.3 Å². The van der Waals surface area contributed by atoms with Crippen LogP contribution in [0, 0.1) is 5.82 Å². The Morgan fingerprint density at radius 1 is 1.29 bits per heavy atom. The lowest BCUT2D eigenvalue weighted by atomic mass is 10.1. The lowest BCUT2D eigenvalue weighted by molar-refractivity contribution is 0.174. The fourth-order valence-electron chi connectivity index (χ4n) is 2.19. The Kier molecular flexibility index (Phi) is 3.86. The summed E-state index contributed by atoms with van der Waals surface area (Å²) in [6.45, 7) is -0.104. The van der Waals surface area contributed by atoms with Crippen molar-refractivity contribution in [2.24, 2.45) is 0 Å². The summed E-state index contributed by atoms with van der Waals surface area (Å²) < 4.78 is 24.2. The minimum Gasteiger partial charge on any atom is -0.454 e. The van der Waals surface area contributed by atoms with E-state index in [1.165, 1.54) is 6.07 Å². The van der Waals surface area contributed by atoms with Crippen molar-refractivity contribution in [1.29, 1.82) is 0 Å². The van der Waals surface area contributed by atoms with E-state index >= 15 is 0 Å². The number of ether oxygens (including phenoxy) is 2. The molecule has 2 N–H and O–H groups in total. The molecule has 1 aliphatic heterocycles.